The minimum Gasteiger partial charge on any atom is -0.204 e. The fourth-order valence-electron chi connectivity index (χ4n) is 1.62. The molecular formula is C13H6Cl4F2. The van der Waals surface area contributed by atoms with Gasteiger partial charge in [-0.05, 0) is 29.3 Å². The van der Waals surface area contributed by atoms with Gasteiger partial charge in [-0.1, -0.05) is 46.9 Å². The molecule has 1 unspecified atom stereocenters. The maximum absolute atomic E-state index is 13.3. The van der Waals surface area contributed by atoms with Gasteiger partial charge in [0.15, 0.2) is 11.6 Å². The summed E-state index contributed by atoms with van der Waals surface area (Å²) in [5, 5.41) is -0.225. The second kappa shape index (κ2) is 5.84. The van der Waals surface area contributed by atoms with Crippen LogP contribution in [0.2, 0.25) is 15.1 Å². The van der Waals surface area contributed by atoms with Crippen molar-refractivity contribution in [3.63, 3.8) is 0 Å². The first-order valence-corrected chi connectivity index (χ1v) is 6.71. The van der Waals surface area contributed by atoms with Crippen molar-refractivity contribution in [2.24, 2.45) is 0 Å². The van der Waals surface area contributed by atoms with Gasteiger partial charge in [0.1, 0.15) is 0 Å². The molecule has 0 nitrogen and oxygen atoms in total. The SMILES string of the molecule is Fc1cc(Cl)c(C(Cl)c2cccc(Cl)c2Cl)cc1F. The van der Waals surface area contributed by atoms with Crippen LogP contribution in [-0.2, 0) is 0 Å². The average Bonchev–Trinajstić information content (AvgIpc) is 2.36. The van der Waals surface area contributed by atoms with Crippen LogP contribution in [-0.4, -0.2) is 0 Å². The molecule has 0 saturated heterocycles. The number of rotatable bonds is 2. The molecule has 0 aliphatic heterocycles. The molecule has 0 aliphatic rings. The average molecular weight is 342 g/mol. The number of halogens is 6. The predicted octanol–water partition coefficient (Wildman–Crippen LogP) is 6.25. The van der Waals surface area contributed by atoms with E-state index in [1.165, 1.54) is 0 Å². The molecule has 19 heavy (non-hydrogen) atoms. The Morgan fingerprint density at radius 1 is 0.842 bits per heavy atom. The van der Waals surface area contributed by atoms with Crippen molar-refractivity contribution in [3.05, 3.63) is 68.2 Å². The van der Waals surface area contributed by atoms with E-state index in [-0.39, 0.29) is 15.6 Å². The summed E-state index contributed by atoms with van der Waals surface area (Å²) in [5.41, 5.74) is 0.704. The zero-order chi connectivity index (χ0) is 14.2. The van der Waals surface area contributed by atoms with Crippen molar-refractivity contribution in [3.8, 4) is 0 Å². The zero-order valence-electron chi connectivity index (χ0n) is 9.23. The van der Waals surface area contributed by atoms with Crippen LogP contribution >= 0.6 is 46.4 Å². The van der Waals surface area contributed by atoms with Gasteiger partial charge in [-0.15, -0.1) is 11.6 Å². The molecule has 6 heteroatoms. The van der Waals surface area contributed by atoms with Crippen LogP contribution in [0.15, 0.2) is 30.3 Å². The first-order valence-electron chi connectivity index (χ1n) is 5.14. The maximum Gasteiger partial charge on any atom is 0.160 e. The Labute approximate surface area is 128 Å². The van der Waals surface area contributed by atoms with Crippen molar-refractivity contribution < 1.29 is 8.78 Å². The molecule has 1 atom stereocenters. The Kier molecular flexibility index (Phi) is 4.57. The van der Waals surface area contributed by atoms with Crippen LogP contribution < -0.4 is 0 Å². The summed E-state index contributed by atoms with van der Waals surface area (Å²) in [7, 11) is 0. The molecule has 0 aromatic heterocycles. The van der Waals surface area contributed by atoms with E-state index in [9.17, 15) is 8.78 Å². The largest absolute Gasteiger partial charge is 0.204 e. The standard InChI is InChI=1S/C13H6Cl4F2/c14-8-3-1-2-6(13(8)17)12(16)7-4-10(18)11(19)5-9(7)15/h1-5,12H. The third kappa shape index (κ3) is 2.97. The molecule has 2 rings (SSSR count). The first-order chi connectivity index (χ1) is 8.91. The lowest BCUT2D eigenvalue weighted by Gasteiger charge is -2.14. The Morgan fingerprint density at radius 3 is 2.16 bits per heavy atom. The smallest absolute Gasteiger partial charge is 0.160 e. The Bertz CT molecular complexity index is 628. The zero-order valence-corrected chi connectivity index (χ0v) is 12.3. The quantitative estimate of drug-likeness (QED) is 0.447. The summed E-state index contributed by atoms with van der Waals surface area (Å²) in [6.07, 6.45) is 0. The molecule has 0 heterocycles. The lowest BCUT2D eigenvalue weighted by Crippen LogP contribution is -1.98. The van der Waals surface area contributed by atoms with Gasteiger partial charge in [0.05, 0.1) is 15.4 Å². The molecule has 0 bridgehead atoms. The molecule has 0 radical (unpaired) electrons. The van der Waals surface area contributed by atoms with Crippen molar-refractivity contribution >= 4 is 46.4 Å². The first kappa shape index (κ1) is 14.9. The van der Waals surface area contributed by atoms with Gasteiger partial charge in [0.25, 0.3) is 0 Å². The highest BCUT2D eigenvalue weighted by molar-refractivity contribution is 6.43. The Hall–Kier alpha value is -0.540. The Balaban J connectivity index is 2.53. The highest BCUT2D eigenvalue weighted by atomic mass is 35.5. The van der Waals surface area contributed by atoms with Crippen molar-refractivity contribution in [2.45, 2.75) is 5.38 Å². The third-order valence-corrected chi connectivity index (χ3v) is 4.20. The topological polar surface area (TPSA) is 0 Å². The fraction of sp³-hybridized carbons (Fsp3) is 0.0769. The molecule has 0 saturated carbocycles. The van der Waals surface area contributed by atoms with Crippen LogP contribution in [0.5, 0.6) is 0 Å². The molecule has 2 aromatic carbocycles. The molecule has 0 spiro atoms. The highest BCUT2D eigenvalue weighted by Crippen LogP contribution is 2.39. The van der Waals surface area contributed by atoms with Crippen molar-refractivity contribution in [2.75, 3.05) is 0 Å². The summed E-state index contributed by atoms with van der Waals surface area (Å²) in [4.78, 5) is 0. The fourth-order valence-corrected chi connectivity index (χ4v) is 2.77. The van der Waals surface area contributed by atoms with Gasteiger partial charge in [-0.3, -0.25) is 0 Å². The van der Waals surface area contributed by atoms with Crippen molar-refractivity contribution in [1.82, 2.24) is 0 Å². The molecule has 2 aromatic rings. The van der Waals surface area contributed by atoms with Crippen molar-refractivity contribution in [1.29, 1.82) is 0 Å². The summed E-state index contributed by atoms with van der Waals surface area (Å²) in [5.74, 6) is -2.06. The number of hydrogen-bond acceptors (Lipinski definition) is 0. The molecule has 100 valence electrons. The van der Waals surface area contributed by atoms with Crippen LogP contribution in [0.1, 0.15) is 16.5 Å². The summed E-state index contributed by atoms with van der Waals surface area (Å²) in [6.45, 7) is 0. The predicted molar refractivity (Wildman–Crippen MR) is 75.5 cm³/mol. The number of hydrogen-bond donors (Lipinski definition) is 0. The van der Waals surface area contributed by atoms with Crippen LogP contribution in [0.25, 0.3) is 0 Å². The van der Waals surface area contributed by atoms with E-state index < -0.39 is 17.0 Å². The summed E-state index contributed by atoms with van der Waals surface area (Å²) < 4.78 is 26.3. The lowest BCUT2D eigenvalue weighted by molar-refractivity contribution is 0.507. The van der Waals surface area contributed by atoms with Gasteiger partial charge >= 0.3 is 0 Å². The Morgan fingerprint density at radius 2 is 1.47 bits per heavy atom. The van der Waals surface area contributed by atoms with Gasteiger partial charge in [-0.2, -0.15) is 0 Å². The number of alkyl halides is 1. The van der Waals surface area contributed by atoms with Gasteiger partial charge < -0.3 is 0 Å². The van der Waals surface area contributed by atoms with E-state index in [4.69, 9.17) is 46.4 Å². The van der Waals surface area contributed by atoms with Crippen LogP contribution in [0.3, 0.4) is 0 Å². The van der Waals surface area contributed by atoms with E-state index in [0.29, 0.717) is 10.6 Å². The van der Waals surface area contributed by atoms with E-state index in [2.05, 4.69) is 0 Å². The second-order valence-electron chi connectivity index (χ2n) is 3.79. The molecule has 0 N–H and O–H groups in total. The van der Waals surface area contributed by atoms with Crippen LogP contribution in [0, 0.1) is 11.6 Å². The minimum atomic E-state index is -1.03. The lowest BCUT2D eigenvalue weighted by atomic mass is 10.0. The summed E-state index contributed by atoms with van der Waals surface area (Å²) in [6, 6.07) is 6.73. The van der Waals surface area contributed by atoms with Gasteiger partial charge in [-0.25, -0.2) is 8.78 Å². The van der Waals surface area contributed by atoms with E-state index >= 15 is 0 Å². The molecule has 0 aliphatic carbocycles. The van der Waals surface area contributed by atoms with Gasteiger partial charge in [0.2, 0.25) is 0 Å². The summed E-state index contributed by atoms with van der Waals surface area (Å²) >= 11 is 24.0. The minimum absolute atomic E-state index is 0.0231. The molecule has 0 fully saturated rings. The normalized spacial score (nSPS) is 12.5. The van der Waals surface area contributed by atoms with E-state index in [1.807, 2.05) is 0 Å². The number of benzene rings is 2. The van der Waals surface area contributed by atoms with Crippen LogP contribution in [0.4, 0.5) is 8.78 Å². The third-order valence-electron chi connectivity index (χ3n) is 2.57. The van der Waals surface area contributed by atoms with E-state index in [1.54, 1.807) is 18.2 Å². The van der Waals surface area contributed by atoms with Gasteiger partial charge in [0, 0.05) is 5.02 Å². The second-order valence-corrected chi connectivity index (χ2v) is 5.42. The van der Waals surface area contributed by atoms with E-state index in [0.717, 1.165) is 12.1 Å². The highest BCUT2D eigenvalue weighted by Gasteiger charge is 2.20. The molecular weight excluding hydrogens is 336 g/mol. The maximum atomic E-state index is 13.3. The monoisotopic (exact) mass is 340 g/mol. The molecule has 0 amide bonds.